The maximum absolute atomic E-state index is 12.2. The van der Waals surface area contributed by atoms with Gasteiger partial charge >= 0.3 is 5.38 Å². The minimum absolute atomic E-state index is 0.324. The van der Waals surface area contributed by atoms with Crippen LogP contribution in [0.15, 0.2) is 6.20 Å². The molecule has 4 nitrogen and oxygen atoms in total. The van der Waals surface area contributed by atoms with Crippen LogP contribution in [0.25, 0.3) is 0 Å². The van der Waals surface area contributed by atoms with Gasteiger partial charge in [-0.15, -0.1) is 5.10 Å². The molecular formula is C5H4ClF2N3O. The van der Waals surface area contributed by atoms with E-state index in [1.165, 1.54) is 7.05 Å². The maximum atomic E-state index is 12.2. The molecule has 0 aromatic carbocycles. The fraction of sp³-hybridized carbons (Fsp3) is 0.400. The predicted octanol–water partition coefficient (Wildman–Crippen LogP) is 0.829. The smallest absolute Gasteiger partial charge is 0.284 e. The number of Topliss-reactive ketones (excluding diaryl/α,β-unsaturated/α-hetero) is 1. The molecular weight excluding hydrogens is 192 g/mol. The highest BCUT2D eigenvalue weighted by Crippen LogP contribution is 2.23. The van der Waals surface area contributed by atoms with Gasteiger partial charge in [0.25, 0.3) is 5.78 Å². The topological polar surface area (TPSA) is 47.8 Å². The Morgan fingerprint density at radius 2 is 2.33 bits per heavy atom. The van der Waals surface area contributed by atoms with Crippen LogP contribution in [-0.2, 0) is 7.05 Å². The fourth-order valence-electron chi connectivity index (χ4n) is 0.641. The molecule has 0 radical (unpaired) electrons. The second-order valence-corrected chi connectivity index (χ2v) is 2.54. The number of carbonyl (C=O) groups excluding carboxylic acids is 1. The second kappa shape index (κ2) is 2.78. The number of rotatable bonds is 2. The van der Waals surface area contributed by atoms with Crippen molar-refractivity contribution in [3.8, 4) is 0 Å². The third-order valence-corrected chi connectivity index (χ3v) is 1.38. The third-order valence-electron chi connectivity index (χ3n) is 1.20. The molecule has 0 fully saturated rings. The highest BCUT2D eigenvalue weighted by Gasteiger charge is 2.38. The lowest BCUT2D eigenvalue weighted by atomic mass is 10.3. The van der Waals surface area contributed by atoms with Gasteiger partial charge in [-0.25, -0.2) is 4.68 Å². The zero-order chi connectivity index (χ0) is 9.35. The highest BCUT2D eigenvalue weighted by molar-refractivity contribution is 6.35. The van der Waals surface area contributed by atoms with Crippen molar-refractivity contribution in [2.75, 3.05) is 0 Å². The summed E-state index contributed by atoms with van der Waals surface area (Å²) < 4.78 is 25.3. The number of aromatic nitrogens is 3. The van der Waals surface area contributed by atoms with E-state index in [9.17, 15) is 13.6 Å². The van der Waals surface area contributed by atoms with Crippen LogP contribution in [0.3, 0.4) is 0 Å². The monoisotopic (exact) mass is 195 g/mol. The zero-order valence-corrected chi connectivity index (χ0v) is 6.72. The van der Waals surface area contributed by atoms with Crippen LogP contribution in [-0.4, -0.2) is 26.2 Å². The molecule has 1 rings (SSSR count). The number of halogens is 3. The number of ketones is 1. The molecule has 1 aromatic rings. The molecule has 0 saturated heterocycles. The van der Waals surface area contributed by atoms with E-state index >= 15 is 0 Å². The van der Waals surface area contributed by atoms with Crippen LogP contribution in [0.1, 0.15) is 10.5 Å². The Morgan fingerprint density at radius 1 is 1.75 bits per heavy atom. The molecule has 1 aromatic heterocycles. The van der Waals surface area contributed by atoms with E-state index in [0.717, 1.165) is 10.9 Å². The highest BCUT2D eigenvalue weighted by atomic mass is 35.5. The van der Waals surface area contributed by atoms with E-state index in [-0.39, 0.29) is 5.69 Å². The number of aryl methyl sites for hydroxylation is 1. The average molecular weight is 196 g/mol. The van der Waals surface area contributed by atoms with E-state index in [1.54, 1.807) is 0 Å². The van der Waals surface area contributed by atoms with Gasteiger partial charge in [0.2, 0.25) is 0 Å². The Bertz CT molecular complexity index is 306. The van der Waals surface area contributed by atoms with Crippen LogP contribution in [0, 0.1) is 0 Å². The number of hydrogen-bond acceptors (Lipinski definition) is 3. The minimum atomic E-state index is -3.89. The summed E-state index contributed by atoms with van der Waals surface area (Å²) in [5.74, 6) is -1.50. The van der Waals surface area contributed by atoms with Crippen molar-refractivity contribution in [3.63, 3.8) is 0 Å². The van der Waals surface area contributed by atoms with Gasteiger partial charge in [0.05, 0.1) is 6.20 Å². The van der Waals surface area contributed by atoms with Crippen molar-refractivity contribution in [2.24, 2.45) is 7.05 Å². The summed E-state index contributed by atoms with van der Waals surface area (Å²) in [5.41, 5.74) is -0.324. The summed E-state index contributed by atoms with van der Waals surface area (Å²) in [7, 11) is 1.32. The molecule has 0 aliphatic carbocycles. The lowest BCUT2D eigenvalue weighted by Gasteiger charge is -2.04. The largest absolute Gasteiger partial charge is 0.386 e. The number of nitrogens with zero attached hydrogens (tertiary/aromatic N) is 3. The molecule has 0 unspecified atom stereocenters. The zero-order valence-electron chi connectivity index (χ0n) is 5.96. The van der Waals surface area contributed by atoms with Crippen molar-refractivity contribution < 1.29 is 13.6 Å². The van der Waals surface area contributed by atoms with Crippen LogP contribution in [0.2, 0.25) is 0 Å². The van der Waals surface area contributed by atoms with Crippen LogP contribution in [0.4, 0.5) is 8.78 Å². The molecule has 7 heteroatoms. The van der Waals surface area contributed by atoms with Gasteiger partial charge in [-0.1, -0.05) is 5.21 Å². The summed E-state index contributed by atoms with van der Waals surface area (Å²) in [6.07, 6.45) is 0.929. The van der Waals surface area contributed by atoms with E-state index in [1.807, 2.05) is 0 Å². The molecule has 0 bridgehead atoms. The van der Waals surface area contributed by atoms with Crippen LogP contribution < -0.4 is 0 Å². The summed E-state index contributed by atoms with van der Waals surface area (Å²) >= 11 is 4.50. The van der Waals surface area contributed by atoms with E-state index in [0.29, 0.717) is 0 Å². The average Bonchev–Trinajstić information content (AvgIpc) is 2.31. The first-order valence-electron chi connectivity index (χ1n) is 2.89. The quantitative estimate of drug-likeness (QED) is 0.519. The van der Waals surface area contributed by atoms with Crippen LogP contribution >= 0.6 is 11.6 Å². The molecule has 1 heterocycles. The maximum Gasteiger partial charge on any atom is 0.386 e. The molecule has 0 saturated carbocycles. The molecule has 0 aliphatic rings. The van der Waals surface area contributed by atoms with Gasteiger partial charge in [-0.2, -0.15) is 8.78 Å². The molecule has 0 aliphatic heterocycles. The lowest BCUT2D eigenvalue weighted by Crippen LogP contribution is -2.23. The van der Waals surface area contributed by atoms with Crippen molar-refractivity contribution in [3.05, 3.63) is 11.9 Å². The van der Waals surface area contributed by atoms with Gasteiger partial charge in [0, 0.05) is 7.05 Å². The number of hydrogen-bond donors (Lipinski definition) is 0. The summed E-state index contributed by atoms with van der Waals surface area (Å²) in [5, 5.41) is 2.67. The summed E-state index contributed by atoms with van der Waals surface area (Å²) in [4.78, 5) is 10.8. The van der Waals surface area contributed by atoms with Crippen molar-refractivity contribution >= 4 is 17.4 Å². The van der Waals surface area contributed by atoms with Gasteiger partial charge in [-0.05, 0) is 11.6 Å². The van der Waals surface area contributed by atoms with Crippen LogP contribution in [0.5, 0.6) is 0 Å². The minimum Gasteiger partial charge on any atom is -0.284 e. The first kappa shape index (κ1) is 9.05. The first-order chi connectivity index (χ1) is 5.43. The summed E-state index contributed by atoms with van der Waals surface area (Å²) in [6.45, 7) is 0. The number of carbonyl (C=O) groups is 1. The molecule has 66 valence electrons. The second-order valence-electron chi connectivity index (χ2n) is 2.07. The van der Waals surface area contributed by atoms with Gasteiger partial charge < -0.3 is 0 Å². The van der Waals surface area contributed by atoms with Gasteiger partial charge in [0.15, 0.2) is 0 Å². The Kier molecular flexibility index (Phi) is 2.10. The Balaban J connectivity index is 3.01. The molecule has 0 N–H and O–H groups in total. The van der Waals surface area contributed by atoms with Gasteiger partial charge in [0.1, 0.15) is 5.69 Å². The Labute approximate surface area is 71.1 Å². The lowest BCUT2D eigenvalue weighted by molar-refractivity contribution is 0.0525. The fourth-order valence-corrected chi connectivity index (χ4v) is 0.737. The van der Waals surface area contributed by atoms with Gasteiger partial charge in [-0.3, -0.25) is 4.79 Å². The standard InChI is InChI=1S/C5H4ClF2N3O/c1-11-3(2-9-10-11)4(12)5(6,7)8/h2H,1H3. The third kappa shape index (κ3) is 1.58. The summed E-state index contributed by atoms with van der Waals surface area (Å²) in [6, 6.07) is 0. The SMILES string of the molecule is Cn1nncc1C(=O)C(F)(F)Cl. The van der Waals surface area contributed by atoms with Crippen molar-refractivity contribution in [1.29, 1.82) is 0 Å². The van der Waals surface area contributed by atoms with E-state index in [2.05, 4.69) is 21.9 Å². The van der Waals surface area contributed by atoms with Crippen molar-refractivity contribution in [2.45, 2.75) is 5.38 Å². The van der Waals surface area contributed by atoms with E-state index in [4.69, 9.17) is 0 Å². The van der Waals surface area contributed by atoms with Crippen molar-refractivity contribution in [1.82, 2.24) is 15.0 Å². The Morgan fingerprint density at radius 3 is 2.67 bits per heavy atom. The molecule has 0 amide bonds. The molecule has 0 spiro atoms. The Hall–Kier alpha value is -1.04. The number of alkyl halides is 3. The molecule has 12 heavy (non-hydrogen) atoms. The normalized spacial score (nSPS) is 11.7. The first-order valence-corrected chi connectivity index (χ1v) is 3.27. The predicted molar refractivity (Wildman–Crippen MR) is 36.1 cm³/mol. The molecule has 0 atom stereocenters. The van der Waals surface area contributed by atoms with E-state index < -0.39 is 11.2 Å².